The molecule has 4 rings (SSSR count). The molecule has 1 fully saturated rings. The van der Waals surface area contributed by atoms with Gasteiger partial charge in [0.25, 0.3) is 0 Å². The fraction of sp³-hybridized carbons (Fsp3) is 0.368. The van der Waals surface area contributed by atoms with Crippen LogP contribution in [0.5, 0.6) is 11.5 Å². The molecule has 0 bridgehead atoms. The van der Waals surface area contributed by atoms with Gasteiger partial charge in [-0.05, 0) is 35.4 Å². The molecule has 0 radical (unpaired) electrons. The van der Waals surface area contributed by atoms with E-state index in [1.54, 1.807) is 36.4 Å². The van der Waals surface area contributed by atoms with E-state index in [4.69, 9.17) is 14.3 Å². The zero-order valence-electron chi connectivity index (χ0n) is 15.3. The highest BCUT2D eigenvalue weighted by atomic mass is 32.2. The first-order chi connectivity index (χ1) is 13.4. The van der Waals surface area contributed by atoms with E-state index in [0.717, 1.165) is 5.56 Å². The third-order valence-corrected chi connectivity index (χ3v) is 6.62. The standard InChI is InChI=1S/C19H21FN2O5S/c1-22-19(14-4-7-16-17(10-14)26-9-8-25-16)18(12-27-22)28(23,24)21-11-13-2-5-15(20)6-3-13/h2-7,10,18-19,21H,8-9,11-12H2,1H3. The van der Waals surface area contributed by atoms with Crippen LogP contribution < -0.4 is 14.2 Å². The lowest BCUT2D eigenvalue weighted by molar-refractivity contribution is -0.110. The summed E-state index contributed by atoms with van der Waals surface area (Å²) in [7, 11) is -2.00. The fourth-order valence-corrected chi connectivity index (χ4v) is 4.91. The number of hydrogen-bond donors (Lipinski definition) is 1. The molecule has 28 heavy (non-hydrogen) atoms. The molecule has 2 aliphatic heterocycles. The molecule has 9 heteroatoms. The molecule has 2 unspecified atom stereocenters. The number of hydroxylamine groups is 2. The smallest absolute Gasteiger partial charge is 0.219 e. The number of benzene rings is 2. The second-order valence-electron chi connectivity index (χ2n) is 6.72. The second-order valence-corrected chi connectivity index (χ2v) is 8.71. The van der Waals surface area contributed by atoms with Gasteiger partial charge in [0.05, 0.1) is 12.6 Å². The maximum atomic E-state index is 13.0. The lowest BCUT2D eigenvalue weighted by atomic mass is 10.0. The van der Waals surface area contributed by atoms with Crippen molar-refractivity contribution in [2.75, 3.05) is 26.9 Å². The third-order valence-electron chi connectivity index (χ3n) is 4.88. The van der Waals surface area contributed by atoms with Gasteiger partial charge in [0.1, 0.15) is 24.3 Å². The van der Waals surface area contributed by atoms with E-state index < -0.39 is 21.3 Å². The SMILES string of the molecule is CN1OCC(S(=O)(=O)NCc2ccc(F)cc2)C1c1ccc2c(c1)OCCO2. The van der Waals surface area contributed by atoms with Gasteiger partial charge < -0.3 is 9.47 Å². The molecule has 0 spiro atoms. The molecule has 7 nitrogen and oxygen atoms in total. The van der Waals surface area contributed by atoms with Crippen LogP contribution in [0.15, 0.2) is 42.5 Å². The Bertz CT molecular complexity index is 951. The van der Waals surface area contributed by atoms with E-state index in [1.807, 2.05) is 6.07 Å². The zero-order valence-corrected chi connectivity index (χ0v) is 16.1. The van der Waals surface area contributed by atoms with Gasteiger partial charge >= 0.3 is 0 Å². The predicted molar refractivity (Wildman–Crippen MR) is 99.8 cm³/mol. The number of ether oxygens (including phenoxy) is 2. The molecule has 2 aliphatic rings. The maximum absolute atomic E-state index is 13.0. The predicted octanol–water partition coefficient (Wildman–Crippen LogP) is 2.00. The molecule has 150 valence electrons. The minimum absolute atomic E-state index is 0.0361. The van der Waals surface area contributed by atoms with Crippen molar-refractivity contribution >= 4 is 10.0 Å². The van der Waals surface area contributed by atoms with Crippen LogP contribution in [0.2, 0.25) is 0 Å². The van der Waals surface area contributed by atoms with Crippen molar-refractivity contribution in [1.29, 1.82) is 0 Å². The number of nitrogens with zero attached hydrogens (tertiary/aromatic N) is 1. The summed E-state index contributed by atoms with van der Waals surface area (Å²) in [6, 6.07) is 10.6. The number of hydrogen-bond acceptors (Lipinski definition) is 6. The van der Waals surface area contributed by atoms with Gasteiger partial charge in [0, 0.05) is 13.6 Å². The summed E-state index contributed by atoms with van der Waals surface area (Å²) in [6.07, 6.45) is 0. The topological polar surface area (TPSA) is 77.1 Å². The number of fused-ring (bicyclic) bond motifs is 1. The molecular formula is C19H21FN2O5S. The second kappa shape index (κ2) is 7.67. The molecule has 0 aromatic heterocycles. The van der Waals surface area contributed by atoms with E-state index in [2.05, 4.69) is 4.72 Å². The first-order valence-corrected chi connectivity index (χ1v) is 10.5. The van der Waals surface area contributed by atoms with E-state index in [-0.39, 0.29) is 19.0 Å². The Morgan fingerprint density at radius 1 is 1.11 bits per heavy atom. The Kier molecular flexibility index (Phi) is 5.24. The van der Waals surface area contributed by atoms with Crippen molar-refractivity contribution in [3.05, 3.63) is 59.4 Å². The van der Waals surface area contributed by atoms with E-state index >= 15 is 0 Å². The highest BCUT2D eigenvalue weighted by Crippen LogP contribution is 2.38. The molecule has 2 heterocycles. The van der Waals surface area contributed by atoms with Gasteiger partial charge in [-0.25, -0.2) is 17.5 Å². The number of rotatable bonds is 5. The normalized spacial score (nSPS) is 22.4. The molecule has 0 amide bonds. The van der Waals surface area contributed by atoms with Crippen molar-refractivity contribution in [1.82, 2.24) is 9.79 Å². The number of halogens is 1. The van der Waals surface area contributed by atoms with Crippen molar-refractivity contribution in [2.45, 2.75) is 17.8 Å². The maximum Gasteiger partial charge on any atom is 0.219 e. The minimum atomic E-state index is -3.70. The molecule has 2 aromatic rings. The van der Waals surface area contributed by atoms with Crippen molar-refractivity contribution in [3.8, 4) is 11.5 Å². The summed E-state index contributed by atoms with van der Waals surface area (Å²) in [5.74, 6) is 0.876. The molecule has 1 saturated heterocycles. The highest BCUT2D eigenvalue weighted by Gasteiger charge is 2.43. The summed E-state index contributed by atoms with van der Waals surface area (Å²) in [4.78, 5) is 5.52. The van der Waals surface area contributed by atoms with Crippen molar-refractivity contribution in [3.63, 3.8) is 0 Å². The molecular weight excluding hydrogens is 387 g/mol. The van der Waals surface area contributed by atoms with Gasteiger partial charge in [-0.1, -0.05) is 18.2 Å². The monoisotopic (exact) mass is 408 g/mol. The molecule has 0 aliphatic carbocycles. The Labute approximate surface area is 163 Å². The Balaban J connectivity index is 1.54. The Hall–Kier alpha value is -2.20. The van der Waals surface area contributed by atoms with E-state index in [1.165, 1.54) is 12.1 Å². The quantitative estimate of drug-likeness (QED) is 0.816. The van der Waals surface area contributed by atoms with Crippen molar-refractivity contribution < 1.29 is 27.1 Å². The van der Waals surface area contributed by atoms with Crippen LogP contribution in [0.3, 0.4) is 0 Å². The van der Waals surface area contributed by atoms with Crippen LogP contribution in [0.25, 0.3) is 0 Å². The lowest BCUT2D eigenvalue weighted by Gasteiger charge is -2.25. The number of sulfonamides is 1. The van der Waals surface area contributed by atoms with Crippen LogP contribution >= 0.6 is 0 Å². The third kappa shape index (κ3) is 3.83. The summed E-state index contributed by atoms with van der Waals surface area (Å²) in [6.45, 7) is 1.06. The largest absolute Gasteiger partial charge is 0.486 e. The van der Waals surface area contributed by atoms with Crippen LogP contribution in [0.1, 0.15) is 17.2 Å². The van der Waals surface area contributed by atoms with Crippen LogP contribution in [-0.4, -0.2) is 45.6 Å². The first kappa shape index (κ1) is 19.1. The highest BCUT2D eigenvalue weighted by molar-refractivity contribution is 7.90. The van der Waals surface area contributed by atoms with Gasteiger partial charge in [-0.3, -0.25) is 4.84 Å². The molecule has 0 saturated carbocycles. The summed E-state index contributed by atoms with van der Waals surface area (Å²) in [5, 5.41) is 0.744. The summed E-state index contributed by atoms with van der Waals surface area (Å²) < 4.78 is 52.7. The summed E-state index contributed by atoms with van der Waals surface area (Å²) >= 11 is 0. The van der Waals surface area contributed by atoms with Gasteiger partial charge in [-0.2, -0.15) is 5.06 Å². The van der Waals surface area contributed by atoms with Gasteiger partial charge in [0.2, 0.25) is 10.0 Å². The minimum Gasteiger partial charge on any atom is -0.486 e. The lowest BCUT2D eigenvalue weighted by Crippen LogP contribution is -2.39. The van der Waals surface area contributed by atoms with Crippen LogP contribution in [-0.2, 0) is 21.4 Å². The Morgan fingerprint density at radius 3 is 2.57 bits per heavy atom. The van der Waals surface area contributed by atoms with Crippen LogP contribution in [0, 0.1) is 5.82 Å². The van der Waals surface area contributed by atoms with E-state index in [9.17, 15) is 12.8 Å². The fourth-order valence-electron chi connectivity index (χ4n) is 3.42. The van der Waals surface area contributed by atoms with Gasteiger partial charge in [0.15, 0.2) is 11.5 Å². The Morgan fingerprint density at radius 2 is 1.82 bits per heavy atom. The average Bonchev–Trinajstić information content (AvgIpc) is 3.09. The van der Waals surface area contributed by atoms with Crippen molar-refractivity contribution in [2.24, 2.45) is 0 Å². The summed E-state index contributed by atoms with van der Waals surface area (Å²) in [5.41, 5.74) is 1.44. The van der Waals surface area contributed by atoms with E-state index in [0.29, 0.717) is 30.3 Å². The molecule has 2 aromatic carbocycles. The first-order valence-electron chi connectivity index (χ1n) is 8.92. The molecule has 2 atom stereocenters. The zero-order chi connectivity index (χ0) is 19.7. The van der Waals surface area contributed by atoms with Gasteiger partial charge in [-0.15, -0.1) is 0 Å². The number of nitrogens with one attached hydrogen (secondary N) is 1. The average molecular weight is 408 g/mol. The van der Waals surface area contributed by atoms with Crippen LogP contribution in [0.4, 0.5) is 4.39 Å². The molecule has 1 N–H and O–H groups in total.